The Kier molecular flexibility index (Phi) is 6.37. The standard InChI is InChI=1S/C24H22N4/c1-18-9-10-21-22(15-18)24(17-28-14-6-12-26-2)20-8-4-3-7-19(20)23(21)16-27-13-5-11-25/h3-16,25H,2,17H2,1H3/b12-6-,13-5-,25-11?,27-16?,28-14?. The predicted octanol–water partition coefficient (Wildman–Crippen LogP) is 5.67. The van der Waals surface area contributed by atoms with Crippen LogP contribution in [0.1, 0.15) is 16.7 Å². The van der Waals surface area contributed by atoms with E-state index >= 15 is 0 Å². The summed E-state index contributed by atoms with van der Waals surface area (Å²) in [4.78, 5) is 12.6. The Labute approximate surface area is 164 Å². The highest BCUT2D eigenvalue weighted by Crippen LogP contribution is 2.33. The van der Waals surface area contributed by atoms with Crippen molar-refractivity contribution in [3.63, 3.8) is 0 Å². The second kappa shape index (κ2) is 9.33. The van der Waals surface area contributed by atoms with Crippen LogP contribution in [0.15, 0.2) is 82.0 Å². The van der Waals surface area contributed by atoms with E-state index in [1.165, 1.54) is 28.1 Å². The van der Waals surface area contributed by atoms with Crippen molar-refractivity contribution >= 4 is 46.9 Å². The molecule has 0 amide bonds. The summed E-state index contributed by atoms with van der Waals surface area (Å²) in [5.74, 6) is 0. The van der Waals surface area contributed by atoms with Crippen molar-refractivity contribution in [2.24, 2.45) is 15.0 Å². The maximum Gasteiger partial charge on any atom is 0.0651 e. The van der Waals surface area contributed by atoms with Crippen LogP contribution in [0.3, 0.4) is 0 Å². The van der Waals surface area contributed by atoms with Crippen LogP contribution in [-0.4, -0.2) is 25.4 Å². The topological polar surface area (TPSA) is 60.9 Å². The van der Waals surface area contributed by atoms with Gasteiger partial charge in [0.25, 0.3) is 0 Å². The minimum Gasteiger partial charge on any atom is -0.309 e. The number of fused-ring (bicyclic) bond motifs is 2. The summed E-state index contributed by atoms with van der Waals surface area (Å²) in [5.41, 5.74) is 3.47. The van der Waals surface area contributed by atoms with Gasteiger partial charge in [0.1, 0.15) is 0 Å². The second-order valence-corrected chi connectivity index (χ2v) is 6.29. The van der Waals surface area contributed by atoms with Gasteiger partial charge in [0.2, 0.25) is 0 Å². The zero-order valence-corrected chi connectivity index (χ0v) is 15.8. The fraction of sp³-hybridized carbons (Fsp3) is 0.0833. The Morgan fingerprint density at radius 1 is 0.964 bits per heavy atom. The lowest BCUT2D eigenvalue weighted by molar-refractivity contribution is 1.11. The van der Waals surface area contributed by atoms with Crippen LogP contribution in [0.4, 0.5) is 0 Å². The first-order valence-electron chi connectivity index (χ1n) is 8.99. The lowest BCUT2D eigenvalue weighted by atomic mass is 9.91. The number of allylic oxidation sites excluding steroid dienone is 2. The Morgan fingerprint density at radius 3 is 2.54 bits per heavy atom. The highest BCUT2D eigenvalue weighted by molar-refractivity contribution is 6.15. The molecule has 4 heteroatoms. The molecule has 0 saturated carbocycles. The number of hydrogen-bond acceptors (Lipinski definition) is 4. The molecule has 28 heavy (non-hydrogen) atoms. The Hall–Kier alpha value is -3.66. The molecular formula is C24H22N4. The molecule has 4 nitrogen and oxygen atoms in total. The Morgan fingerprint density at radius 2 is 1.75 bits per heavy atom. The maximum absolute atomic E-state index is 7.09. The monoisotopic (exact) mass is 366 g/mol. The lowest BCUT2D eigenvalue weighted by Crippen LogP contribution is -1.95. The van der Waals surface area contributed by atoms with Crippen molar-refractivity contribution in [3.05, 3.63) is 83.7 Å². The van der Waals surface area contributed by atoms with Crippen molar-refractivity contribution in [2.75, 3.05) is 0 Å². The average Bonchev–Trinajstić information content (AvgIpc) is 2.71. The Bertz CT molecular complexity index is 1130. The second-order valence-electron chi connectivity index (χ2n) is 6.29. The van der Waals surface area contributed by atoms with Crippen LogP contribution < -0.4 is 0 Å². The van der Waals surface area contributed by atoms with Gasteiger partial charge >= 0.3 is 0 Å². The molecule has 0 aromatic heterocycles. The molecular weight excluding hydrogens is 344 g/mol. The number of rotatable bonds is 7. The predicted molar refractivity (Wildman–Crippen MR) is 123 cm³/mol. The van der Waals surface area contributed by atoms with E-state index in [4.69, 9.17) is 5.41 Å². The highest BCUT2D eigenvalue weighted by atomic mass is 14.7. The van der Waals surface area contributed by atoms with Crippen molar-refractivity contribution < 1.29 is 0 Å². The van der Waals surface area contributed by atoms with Gasteiger partial charge in [-0.2, -0.15) is 0 Å². The number of benzene rings is 3. The van der Waals surface area contributed by atoms with E-state index in [1.807, 2.05) is 12.3 Å². The van der Waals surface area contributed by atoms with Crippen molar-refractivity contribution in [1.29, 1.82) is 5.41 Å². The van der Waals surface area contributed by atoms with Gasteiger partial charge < -0.3 is 5.41 Å². The molecule has 3 rings (SSSR count). The van der Waals surface area contributed by atoms with Gasteiger partial charge in [-0.15, -0.1) is 0 Å². The van der Waals surface area contributed by atoms with Crippen LogP contribution in [0.2, 0.25) is 0 Å². The van der Waals surface area contributed by atoms with Gasteiger partial charge in [-0.3, -0.25) is 15.0 Å². The molecule has 0 unspecified atom stereocenters. The fourth-order valence-corrected chi connectivity index (χ4v) is 3.24. The van der Waals surface area contributed by atoms with Crippen molar-refractivity contribution in [3.8, 4) is 0 Å². The van der Waals surface area contributed by atoms with E-state index in [0.717, 1.165) is 16.3 Å². The lowest BCUT2D eigenvalue weighted by Gasteiger charge is -2.14. The maximum atomic E-state index is 7.09. The molecule has 0 bridgehead atoms. The zero-order chi connectivity index (χ0) is 19.8. The summed E-state index contributed by atoms with van der Waals surface area (Å²) in [6, 6.07) is 14.8. The molecule has 0 spiro atoms. The number of nitrogens with one attached hydrogen (secondary N) is 1. The number of aryl methyl sites for hydroxylation is 1. The summed E-state index contributed by atoms with van der Waals surface area (Å²) in [6.07, 6.45) is 11.5. The molecule has 3 aromatic carbocycles. The van der Waals surface area contributed by atoms with Gasteiger partial charge in [0.15, 0.2) is 0 Å². The van der Waals surface area contributed by atoms with Gasteiger partial charge in [0, 0.05) is 36.6 Å². The molecule has 3 aromatic rings. The van der Waals surface area contributed by atoms with Crippen LogP contribution >= 0.6 is 0 Å². The molecule has 0 radical (unpaired) electrons. The number of nitrogens with zero attached hydrogens (tertiary/aromatic N) is 3. The first-order chi connectivity index (χ1) is 13.8. The van der Waals surface area contributed by atoms with E-state index in [1.54, 1.807) is 30.8 Å². The van der Waals surface area contributed by atoms with Gasteiger partial charge in [0.05, 0.1) is 6.54 Å². The minimum absolute atomic E-state index is 0.576. The smallest absolute Gasteiger partial charge is 0.0651 e. The summed E-state index contributed by atoms with van der Waals surface area (Å²) in [6.45, 7) is 6.10. The van der Waals surface area contributed by atoms with Crippen LogP contribution in [-0.2, 0) is 6.54 Å². The van der Waals surface area contributed by atoms with Crippen LogP contribution in [0, 0.1) is 12.3 Å². The number of aliphatic imine (C=N–C) groups is 3. The number of hydrogen-bond donors (Lipinski definition) is 1. The fourth-order valence-electron chi connectivity index (χ4n) is 3.24. The molecule has 0 aliphatic carbocycles. The first-order valence-corrected chi connectivity index (χ1v) is 8.99. The Balaban J connectivity index is 2.25. The van der Waals surface area contributed by atoms with E-state index in [2.05, 4.69) is 65.0 Å². The van der Waals surface area contributed by atoms with Crippen LogP contribution in [0.5, 0.6) is 0 Å². The molecule has 0 fully saturated rings. The van der Waals surface area contributed by atoms with E-state index in [0.29, 0.717) is 6.54 Å². The van der Waals surface area contributed by atoms with E-state index in [9.17, 15) is 0 Å². The summed E-state index contributed by atoms with van der Waals surface area (Å²) in [7, 11) is 0. The zero-order valence-electron chi connectivity index (χ0n) is 15.8. The molecule has 1 N–H and O–H groups in total. The van der Waals surface area contributed by atoms with Crippen LogP contribution in [0.25, 0.3) is 21.5 Å². The molecule has 0 heterocycles. The largest absolute Gasteiger partial charge is 0.309 e. The molecule has 0 atom stereocenters. The highest BCUT2D eigenvalue weighted by Gasteiger charge is 2.12. The van der Waals surface area contributed by atoms with Gasteiger partial charge in [-0.1, -0.05) is 48.0 Å². The first kappa shape index (κ1) is 19.1. The summed E-state index contributed by atoms with van der Waals surface area (Å²) >= 11 is 0. The third kappa shape index (κ3) is 4.18. The molecule has 0 aliphatic heterocycles. The van der Waals surface area contributed by atoms with Gasteiger partial charge in [-0.05, 0) is 52.9 Å². The molecule has 138 valence electrons. The van der Waals surface area contributed by atoms with E-state index < -0.39 is 0 Å². The SMILES string of the molecule is C=N/C=C\C=NCc1c2ccccc2c(C=N/C=C\C=N)c2ccc(C)cc12. The molecule has 0 saturated heterocycles. The van der Waals surface area contributed by atoms with Crippen molar-refractivity contribution in [2.45, 2.75) is 13.5 Å². The average molecular weight is 366 g/mol. The van der Waals surface area contributed by atoms with Gasteiger partial charge in [-0.25, -0.2) is 0 Å². The van der Waals surface area contributed by atoms with Crippen molar-refractivity contribution in [1.82, 2.24) is 0 Å². The third-order valence-electron chi connectivity index (χ3n) is 4.44. The normalized spacial score (nSPS) is 12.3. The quantitative estimate of drug-likeness (QED) is 0.414. The molecule has 0 aliphatic rings. The van der Waals surface area contributed by atoms with E-state index in [-0.39, 0.29) is 0 Å². The third-order valence-corrected chi connectivity index (χ3v) is 4.44. The summed E-state index contributed by atoms with van der Waals surface area (Å²) < 4.78 is 0. The minimum atomic E-state index is 0.576. The summed E-state index contributed by atoms with van der Waals surface area (Å²) in [5, 5.41) is 11.7.